The molecule has 0 saturated heterocycles. The van der Waals surface area contributed by atoms with Gasteiger partial charge in [-0.05, 0) is 29.7 Å². The fourth-order valence-electron chi connectivity index (χ4n) is 2.96. The normalized spacial score (nSPS) is 13.7. The van der Waals surface area contributed by atoms with E-state index in [0.717, 1.165) is 35.9 Å². The molecule has 2 heterocycles. The van der Waals surface area contributed by atoms with Crippen molar-refractivity contribution in [1.29, 1.82) is 0 Å². The fraction of sp³-hybridized carbons (Fsp3) is 0.167. The Balaban J connectivity index is 1.55. The largest absolute Gasteiger partial charge is 0.733 e. The van der Waals surface area contributed by atoms with Gasteiger partial charge in [0.15, 0.2) is 5.13 Å². The fourth-order valence-corrected chi connectivity index (χ4v) is 3.82. The smallest absolute Gasteiger partial charge is 0.186 e. The molecule has 5 nitrogen and oxygen atoms in total. The number of thiazole rings is 1. The van der Waals surface area contributed by atoms with E-state index in [1.807, 2.05) is 5.38 Å². The van der Waals surface area contributed by atoms with Crippen LogP contribution in [0.4, 0.5) is 10.8 Å². The SMILES string of the molecule is [O-]N(O)c1ccc(-c2csc(N3CCc4ccccc4C3)n2)cc1. The third-order valence-electron chi connectivity index (χ3n) is 4.28. The van der Waals surface area contributed by atoms with Crippen LogP contribution in [0, 0.1) is 5.21 Å². The van der Waals surface area contributed by atoms with Crippen LogP contribution in [0.5, 0.6) is 0 Å². The van der Waals surface area contributed by atoms with Gasteiger partial charge in [0.2, 0.25) is 0 Å². The van der Waals surface area contributed by atoms with E-state index in [1.165, 1.54) is 11.1 Å². The second-order valence-electron chi connectivity index (χ2n) is 5.78. The van der Waals surface area contributed by atoms with Crippen LogP contribution in [0.25, 0.3) is 11.3 Å². The van der Waals surface area contributed by atoms with Crippen molar-refractivity contribution in [2.75, 3.05) is 16.7 Å². The first-order valence-corrected chi connectivity index (χ1v) is 8.62. The number of benzene rings is 2. The molecule has 4 rings (SSSR count). The van der Waals surface area contributed by atoms with Crippen LogP contribution in [0.15, 0.2) is 53.9 Å². The standard InChI is InChI=1S/C18H16N3O2S/c22-21(23)16-7-5-14(6-8-16)17-12-24-18(19-17)20-10-9-13-3-1-2-4-15(13)11-20/h1-8,12,22H,9-11H2/q-1. The first-order chi connectivity index (χ1) is 11.7. The number of fused-ring (bicyclic) bond motifs is 1. The van der Waals surface area contributed by atoms with E-state index in [9.17, 15) is 5.21 Å². The Hall–Kier alpha value is -2.41. The van der Waals surface area contributed by atoms with Crippen LogP contribution < -0.4 is 10.1 Å². The average Bonchev–Trinajstić information content (AvgIpc) is 3.11. The molecule has 0 atom stereocenters. The van der Waals surface area contributed by atoms with E-state index in [4.69, 9.17) is 10.2 Å². The number of hydrogen-bond donors (Lipinski definition) is 1. The maximum atomic E-state index is 10.9. The molecule has 0 amide bonds. The van der Waals surface area contributed by atoms with Gasteiger partial charge in [0.25, 0.3) is 0 Å². The predicted octanol–water partition coefficient (Wildman–Crippen LogP) is 4.07. The topological polar surface area (TPSA) is 62.7 Å². The highest BCUT2D eigenvalue weighted by molar-refractivity contribution is 7.14. The van der Waals surface area contributed by atoms with Crippen molar-refractivity contribution in [3.63, 3.8) is 0 Å². The van der Waals surface area contributed by atoms with Crippen LogP contribution >= 0.6 is 11.3 Å². The summed E-state index contributed by atoms with van der Waals surface area (Å²) in [5.41, 5.74) is 4.81. The first kappa shape index (κ1) is 15.1. The van der Waals surface area contributed by atoms with Crippen molar-refractivity contribution in [2.45, 2.75) is 13.0 Å². The lowest BCUT2D eigenvalue weighted by Crippen LogP contribution is -2.30. The van der Waals surface area contributed by atoms with E-state index in [-0.39, 0.29) is 10.9 Å². The Kier molecular flexibility index (Phi) is 3.93. The molecule has 6 heteroatoms. The second-order valence-corrected chi connectivity index (χ2v) is 6.61. The molecule has 0 bridgehead atoms. The maximum absolute atomic E-state index is 10.9. The molecular formula is C18H16N3O2S-. The molecule has 122 valence electrons. The molecule has 24 heavy (non-hydrogen) atoms. The molecular weight excluding hydrogens is 322 g/mol. The van der Waals surface area contributed by atoms with Gasteiger partial charge in [-0.2, -0.15) is 0 Å². The van der Waals surface area contributed by atoms with Gasteiger partial charge in [0.05, 0.1) is 11.4 Å². The molecule has 3 aromatic rings. The van der Waals surface area contributed by atoms with Gasteiger partial charge in [0, 0.05) is 24.0 Å². The van der Waals surface area contributed by atoms with E-state index in [1.54, 1.807) is 35.6 Å². The summed E-state index contributed by atoms with van der Waals surface area (Å²) in [5, 5.41) is 22.7. The minimum Gasteiger partial charge on any atom is -0.733 e. The van der Waals surface area contributed by atoms with Crippen molar-refractivity contribution in [3.05, 3.63) is 70.2 Å². The summed E-state index contributed by atoms with van der Waals surface area (Å²) < 4.78 is 0. The highest BCUT2D eigenvalue weighted by Crippen LogP contribution is 2.31. The number of rotatable bonds is 3. The van der Waals surface area contributed by atoms with E-state index in [2.05, 4.69) is 29.2 Å². The molecule has 0 saturated carbocycles. The second kappa shape index (κ2) is 6.24. The molecule has 1 aromatic heterocycles. The number of aromatic nitrogens is 1. The molecule has 0 aliphatic carbocycles. The summed E-state index contributed by atoms with van der Waals surface area (Å²) in [6.07, 6.45) is 1.04. The molecule has 1 aliphatic heterocycles. The summed E-state index contributed by atoms with van der Waals surface area (Å²) in [6.45, 7) is 1.86. The summed E-state index contributed by atoms with van der Waals surface area (Å²) >= 11 is 1.63. The highest BCUT2D eigenvalue weighted by atomic mass is 32.1. The van der Waals surface area contributed by atoms with E-state index < -0.39 is 0 Å². The molecule has 0 unspecified atom stereocenters. The zero-order valence-corrected chi connectivity index (χ0v) is 13.7. The van der Waals surface area contributed by atoms with E-state index in [0.29, 0.717) is 0 Å². The van der Waals surface area contributed by atoms with Crippen molar-refractivity contribution >= 4 is 22.2 Å². The minimum absolute atomic E-state index is 0.137. The first-order valence-electron chi connectivity index (χ1n) is 7.74. The zero-order valence-electron chi connectivity index (χ0n) is 12.9. The predicted molar refractivity (Wildman–Crippen MR) is 96.4 cm³/mol. The highest BCUT2D eigenvalue weighted by Gasteiger charge is 2.18. The molecule has 1 N–H and O–H groups in total. The zero-order chi connectivity index (χ0) is 16.5. The Labute approximate surface area is 144 Å². The third kappa shape index (κ3) is 2.87. The quantitative estimate of drug-likeness (QED) is 0.730. The van der Waals surface area contributed by atoms with Crippen LogP contribution in [0.2, 0.25) is 0 Å². The molecule has 2 aromatic carbocycles. The van der Waals surface area contributed by atoms with Crippen LogP contribution in [0.3, 0.4) is 0 Å². The summed E-state index contributed by atoms with van der Waals surface area (Å²) in [7, 11) is 0. The Morgan fingerprint density at radius 3 is 2.58 bits per heavy atom. The lowest BCUT2D eigenvalue weighted by molar-refractivity contribution is 0.296. The molecule has 0 spiro atoms. The average molecular weight is 338 g/mol. The Morgan fingerprint density at radius 2 is 1.83 bits per heavy atom. The number of hydrogen-bond acceptors (Lipinski definition) is 6. The number of anilines is 2. The van der Waals surface area contributed by atoms with Gasteiger partial charge >= 0.3 is 0 Å². The minimum atomic E-state index is -0.137. The summed E-state index contributed by atoms with van der Waals surface area (Å²) in [4.78, 5) is 7.05. The Morgan fingerprint density at radius 1 is 1.08 bits per heavy atom. The van der Waals surface area contributed by atoms with Crippen LogP contribution in [-0.4, -0.2) is 16.7 Å². The Bertz CT molecular complexity index is 845. The maximum Gasteiger partial charge on any atom is 0.186 e. The van der Waals surface area contributed by atoms with Crippen LogP contribution in [-0.2, 0) is 13.0 Å². The van der Waals surface area contributed by atoms with Gasteiger partial charge in [0.1, 0.15) is 0 Å². The van der Waals surface area contributed by atoms with Gasteiger partial charge in [-0.1, -0.05) is 36.4 Å². The molecule has 0 fully saturated rings. The van der Waals surface area contributed by atoms with Crippen molar-refractivity contribution < 1.29 is 5.21 Å². The lowest BCUT2D eigenvalue weighted by atomic mass is 10.0. The van der Waals surface area contributed by atoms with Gasteiger partial charge in [-0.3, -0.25) is 5.21 Å². The van der Waals surface area contributed by atoms with Crippen LogP contribution in [0.1, 0.15) is 11.1 Å². The lowest BCUT2D eigenvalue weighted by Gasteiger charge is -2.28. The molecule has 1 aliphatic rings. The van der Waals surface area contributed by atoms with Gasteiger partial charge < -0.3 is 15.3 Å². The van der Waals surface area contributed by atoms with Crippen molar-refractivity contribution in [2.24, 2.45) is 0 Å². The summed E-state index contributed by atoms with van der Waals surface area (Å²) in [6, 6.07) is 15.3. The summed E-state index contributed by atoms with van der Waals surface area (Å²) in [5.74, 6) is 0. The van der Waals surface area contributed by atoms with Crippen molar-refractivity contribution in [1.82, 2.24) is 4.98 Å². The van der Waals surface area contributed by atoms with E-state index >= 15 is 0 Å². The molecule has 0 radical (unpaired) electrons. The van der Waals surface area contributed by atoms with Gasteiger partial charge in [-0.25, -0.2) is 4.98 Å². The van der Waals surface area contributed by atoms with Crippen molar-refractivity contribution in [3.8, 4) is 11.3 Å². The third-order valence-corrected chi connectivity index (χ3v) is 5.18. The number of nitrogens with zero attached hydrogens (tertiary/aromatic N) is 3. The monoisotopic (exact) mass is 338 g/mol. The van der Waals surface area contributed by atoms with Gasteiger partial charge in [-0.15, -0.1) is 11.3 Å².